The molecule has 1 heterocycles. The van der Waals surface area contributed by atoms with E-state index >= 15 is 0 Å². The maximum Gasteiger partial charge on any atom is 0.0946 e. The van der Waals surface area contributed by atoms with Gasteiger partial charge in [-0.3, -0.25) is 0 Å². The fourth-order valence-electron chi connectivity index (χ4n) is 2.65. The number of hydrogen-bond donors (Lipinski definition) is 1. The lowest BCUT2D eigenvalue weighted by molar-refractivity contribution is -0.135. The van der Waals surface area contributed by atoms with Gasteiger partial charge in [0.1, 0.15) is 0 Å². The molecule has 2 unspecified atom stereocenters. The summed E-state index contributed by atoms with van der Waals surface area (Å²) in [6.07, 6.45) is 1.39. The summed E-state index contributed by atoms with van der Waals surface area (Å²) in [5, 5.41) is 11.5. The molecule has 0 aromatic heterocycles. The smallest absolute Gasteiger partial charge is 0.0946 e. The summed E-state index contributed by atoms with van der Waals surface area (Å²) in [6.45, 7) is 5.96. The van der Waals surface area contributed by atoms with Gasteiger partial charge in [-0.05, 0) is 38.0 Å². The number of halogens is 1. The molecule has 17 heavy (non-hydrogen) atoms. The minimum atomic E-state index is -0.811. The molecule has 0 amide bonds. The molecule has 1 fully saturated rings. The minimum absolute atomic E-state index is 0.0730. The molecule has 1 saturated heterocycles. The van der Waals surface area contributed by atoms with Crippen LogP contribution in [0.15, 0.2) is 18.2 Å². The number of aryl methyl sites for hydroxylation is 1. The van der Waals surface area contributed by atoms with E-state index in [1.807, 2.05) is 39.0 Å². The van der Waals surface area contributed by atoms with Crippen LogP contribution in [0.3, 0.4) is 0 Å². The Morgan fingerprint density at radius 3 is 2.41 bits per heavy atom. The zero-order chi connectivity index (χ0) is 12.6. The minimum Gasteiger partial charge on any atom is -0.385 e. The van der Waals surface area contributed by atoms with Crippen molar-refractivity contribution in [1.82, 2.24) is 0 Å². The highest BCUT2D eigenvalue weighted by Crippen LogP contribution is 2.38. The zero-order valence-electron chi connectivity index (χ0n) is 10.5. The van der Waals surface area contributed by atoms with Crippen molar-refractivity contribution < 1.29 is 9.84 Å². The number of hydrogen-bond acceptors (Lipinski definition) is 2. The molecular weight excluding hydrogens is 236 g/mol. The Morgan fingerprint density at radius 2 is 1.88 bits per heavy atom. The van der Waals surface area contributed by atoms with Crippen LogP contribution in [0, 0.1) is 6.92 Å². The van der Waals surface area contributed by atoms with Gasteiger partial charge in [0.05, 0.1) is 17.8 Å². The van der Waals surface area contributed by atoms with E-state index in [0.717, 1.165) is 11.1 Å². The summed E-state index contributed by atoms with van der Waals surface area (Å²) in [5.74, 6) is 0. The summed E-state index contributed by atoms with van der Waals surface area (Å²) in [5.41, 5.74) is 1.12. The quantitative estimate of drug-likeness (QED) is 0.832. The van der Waals surface area contributed by atoms with Gasteiger partial charge in [0, 0.05) is 17.9 Å². The van der Waals surface area contributed by atoms with Crippen molar-refractivity contribution in [3.05, 3.63) is 34.3 Å². The fraction of sp³-hybridized carbons (Fsp3) is 0.571. The Balaban J connectivity index is 2.33. The van der Waals surface area contributed by atoms with Gasteiger partial charge in [0.15, 0.2) is 0 Å². The molecular formula is C14H19ClO2. The van der Waals surface area contributed by atoms with Gasteiger partial charge in [-0.1, -0.05) is 23.7 Å². The van der Waals surface area contributed by atoms with Gasteiger partial charge in [-0.2, -0.15) is 0 Å². The highest BCUT2D eigenvalue weighted by molar-refractivity contribution is 6.31. The summed E-state index contributed by atoms with van der Waals surface area (Å²) in [4.78, 5) is 0. The van der Waals surface area contributed by atoms with Crippen LogP contribution in [-0.2, 0) is 10.3 Å². The molecule has 94 valence electrons. The van der Waals surface area contributed by atoms with Crippen molar-refractivity contribution in [2.75, 3.05) is 0 Å². The molecule has 1 aliphatic heterocycles. The van der Waals surface area contributed by atoms with Gasteiger partial charge < -0.3 is 9.84 Å². The molecule has 1 aromatic rings. The average Bonchev–Trinajstić information content (AvgIpc) is 2.19. The lowest BCUT2D eigenvalue weighted by Gasteiger charge is -2.39. The molecule has 2 nitrogen and oxygen atoms in total. The van der Waals surface area contributed by atoms with Crippen molar-refractivity contribution in [3.63, 3.8) is 0 Å². The van der Waals surface area contributed by atoms with E-state index in [4.69, 9.17) is 16.3 Å². The van der Waals surface area contributed by atoms with Crippen LogP contribution in [0.1, 0.15) is 37.8 Å². The molecule has 0 bridgehead atoms. The van der Waals surface area contributed by atoms with E-state index < -0.39 is 5.60 Å². The van der Waals surface area contributed by atoms with Crippen LogP contribution in [-0.4, -0.2) is 17.3 Å². The van der Waals surface area contributed by atoms with E-state index in [0.29, 0.717) is 17.9 Å². The van der Waals surface area contributed by atoms with Gasteiger partial charge in [0.2, 0.25) is 0 Å². The van der Waals surface area contributed by atoms with Crippen molar-refractivity contribution in [3.8, 4) is 0 Å². The van der Waals surface area contributed by atoms with Crippen molar-refractivity contribution in [1.29, 1.82) is 0 Å². The van der Waals surface area contributed by atoms with Crippen molar-refractivity contribution >= 4 is 11.6 Å². The lowest BCUT2D eigenvalue weighted by atomic mass is 9.81. The number of aliphatic hydroxyl groups is 1. The van der Waals surface area contributed by atoms with Crippen LogP contribution >= 0.6 is 11.6 Å². The average molecular weight is 255 g/mol. The van der Waals surface area contributed by atoms with Gasteiger partial charge in [-0.15, -0.1) is 0 Å². The Bertz CT molecular complexity index is 407. The molecule has 0 aliphatic carbocycles. The number of rotatable bonds is 1. The standard InChI is InChI=1S/C14H19ClO2/c1-9-4-5-12(6-13(9)15)14(16)7-10(2)17-11(3)8-14/h4-6,10-11,16H,7-8H2,1-3H3. The third-order valence-corrected chi connectivity index (χ3v) is 3.83. The maximum absolute atomic E-state index is 10.8. The third kappa shape index (κ3) is 2.65. The third-order valence-electron chi connectivity index (χ3n) is 3.42. The second-order valence-electron chi connectivity index (χ2n) is 5.16. The first kappa shape index (κ1) is 12.9. The molecule has 2 atom stereocenters. The molecule has 1 aliphatic rings. The van der Waals surface area contributed by atoms with Gasteiger partial charge in [0.25, 0.3) is 0 Å². The fourth-order valence-corrected chi connectivity index (χ4v) is 2.83. The van der Waals surface area contributed by atoms with Crippen molar-refractivity contribution in [2.45, 2.75) is 51.4 Å². The van der Waals surface area contributed by atoms with Crippen LogP contribution in [0.4, 0.5) is 0 Å². The molecule has 1 aromatic carbocycles. The summed E-state index contributed by atoms with van der Waals surface area (Å²) in [6, 6.07) is 5.80. The first-order valence-electron chi connectivity index (χ1n) is 6.05. The Morgan fingerprint density at radius 1 is 1.29 bits per heavy atom. The van der Waals surface area contributed by atoms with Gasteiger partial charge in [-0.25, -0.2) is 0 Å². The second kappa shape index (κ2) is 4.60. The molecule has 3 heteroatoms. The van der Waals surface area contributed by atoms with Gasteiger partial charge >= 0.3 is 0 Å². The Hall–Kier alpha value is -0.570. The first-order chi connectivity index (χ1) is 7.90. The highest BCUT2D eigenvalue weighted by atomic mass is 35.5. The van der Waals surface area contributed by atoms with E-state index in [-0.39, 0.29) is 12.2 Å². The van der Waals surface area contributed by atoms with E-state index in [1.165, 1.54) is 0 Å². The van der Waals surface area contributed by atoms with Crippen LogP contribution in [0.5, 0.6) is 0 Å². The Kier molecular flexibility index (Phi) is 3.48. The molecule has 2 rings (SSSR count). The predicted molar refractivity (Wildman–Crippen MR) is 69.3 cm³/mol. The largest absolute Gasteiger partial charge is 0.385 e. The monoisotopic (exact) mass is 254 g/mol. The first-order valence-corrected chi connectivity index (χ1v) is 6.43. The lowest BCUT2D eigenvalue weighted by Crippen LogP contribution is -2.41. The van der Waals surface area contributed by atoms with E-state index in [2.05, 4.69) is 0 Å². The topological polar surface area (TPSA) is 29.5 Å². The van der Waals surface area contributed by atoms with Crippen LogP contribution in [0.2, 0.25) is 5.02 Å². The summed E-state index contributed by atoms with van der Waals surface area (Å²) < 4.78 is 5.66. The molecule has 0 spiro atoms. The predicted octanol–water partition coefficient (Wildman–Crippen LogP) is 3.42. The summed E-state index contributed by atoms with van der Waals surface area (Å²) in [7, 11) is 0. The Labute approximate surface area is 108 Å². The maximum atomic E-state index is 10.8. The molecule has 0 radical (unpaired) electrons. The normalized spacial score (nSPS) is 33.7. The molecule has 0 saturated carbocycles. The highest BCUT2D eigenvalue weighted by Gasteiger charge is 2.38. The number of benzene rings is 1. The molecule has 1 N–H and O–H groups in total. The SMILES string of the molecule is Cc1ccc(C2(O)CC(C)OC(C)C2)cc1Cl. The number of ether oxygens (including phenoxy) is 1. The van der Waals surface area contributed by atoms with Crippen LogP contribution in [0.25, 0.3) is 0 Å². The van der Waals surface area contributed by atoms with Crippen molar-refractivity contribution in [2.24, 2.45) is 0 Å². The van der Waals surface area contributed by atoms with E-state index in [1.54, 1.807) is 0 Å². The second-order valence-corrected chi connectivity index (χ2v) is 5.57. The van der Waals surface area contributed by atoms with Crippen LogP contribution < -0.4 is 0 Å². The summed E-state index contributed by atoms with van der Waals surface area (Å²) >= 11 is 6.13. The van der Waals surface area contributed by atoms with E-state index in [9.17, 15) is 5.11 Å². The zero-order valence-corrected chi connectivity index (χ0v) is 11.3.